The molecule has 0 radical (unpaired) electrons. The maximum absolute atomic E-state index is 12.5. The van der Waals surface area contributed by atoms with Crippen LogP contribution in [-0.2, 0) is 28.5 Å². The molecule has 0 aromatic heterocycles. The molecule has 1 aliphatic heterocycles. The van der Waals surface area contributed by atoms with Crippen LogP contribution >= 0.6 is 0 Å². The highest BCUT2D eigenvalue weighted by Gasteiger charge is 2.47. The molecule has 0 amide bonds. The number of carbonyl (C=O) groups is 2. The van der Waals surface area contributed by atoms with Gasteiger partial charge in [0.25, 0.3) is 0 Å². The Kier molecular flexibility index (Phi) is 21.6. The zero-order chi connectivity index (χ0) is 28.7. The van der Waals surface area contributed by atoms with Gasteiger partial charge in [-0.2, -0.15) is 0 Å². The number of esters is 2. The standard InChI is InChI=1S/C31H58O8/c1-4-6-8-10-12-14-16-18-20-22-26(32)37-24-25-30(28(34)29(35)31(36-3)38-25)39-27(33)23-21-19-17-15-13-11-9-7-5-2/h25,28-31,34-35H,4-24H2,1-3H3/t25-,28-,29-,30-,31+/m1/s1. The van der Waals surface area contributed by atoms with Crippen molar-refractivity contribution in [2.24, 2.45) is 0 Å². The van der Waals surface area contributed by atoms with Gasteiger partial charge in [0, 0.05) is 20.0 Å². The highest BCUT2D eigenvalue weighted by atomic mass is 16.7. The Balaban J connectivity index is 2.36. The zero-order valence-corrected chi connectivity index (χ0v) is 25.1. The number of aliphatic hydroxyl groups is 2. The van der Waals surface area contributed by atoms with Gasteiger partial charge in [0.1, 0.15) is 24.9 Å². The molecule has 39 heavy (non-hydrogen) atoms. The van der Waals surface area contributed by atoms with Gasteiger partial charge < -0.3 is 29.2 Å². The summed E-state index contributed by atoms with van der Waals surface area (Å²) < 4.78 is 21.7. The van der Waals surface area contributed by atoms with Gasteiger partial charge in [-0.25, -0.2) is 0 Å². The van der Waals surface area contributed by atoms with E-state index < -0.39 is 36.7 Å². The molecular formula is C31H58O8. The van der Waals surface area contributed by atoms with Crippen molar-refractivity contribution in [1.82, 2.24) is 0 Å². The van der Waals surface area contributed by atoms with Gasteiger partial charge in [-0.1, -0.05) is 117 Å². The van der Waals surface area contributed by atoms with Crippen LogP contribution in [0.3, 0.4) is 0 Å². The van der Waals surface area contributed by atoms with Crippen LogP contribution in [0.15, 0.2) is 0 Å². The summed E-state index contributed by atoms with van der Waals surface area (Å²) in [6.45, 7) is 4.24. The molecule has 0 aromatic rings. The van der Waals surface area contributed by atoms with Gasteiger partial charge in [-0.15, -0.1) is 0 Å². The van der Waals surface area contributed by atoms with Crippen LogP contribution in [0.25, 0.3) is 0 Å². The minimum atomic E-state index is -1.41. The third-order valence-corrected chi connectivity index (χ3v) is 7.52. The van der Waals surface area contributed by atoms with Crippen LogP contribution in [0.2, 0.25) is 0 Å². The average molecular weight is 559 g/mol. The van der Waals surface area contributed by atoms with Crippen molar-refractivity contribution in [3.8, 4) is 0 Å². The molecule has 0 saturated carbocycles. The predicted molar refractivity (Wildman–Crippen MR) is 152 cm³/mol. The molecule has 0 aliphatic carbocycles. The van der Waals surface area contributed by atoms with Crippen molar-refractivity contribution in [2.45, 2.75) is 173 Å². The maximum atomic E-state index is 12.5. The summed E-state index contributed by atoms with van der Waals surface area (Å²) in [7, 11) is 1.35. The monoisotopic (exact) mass is 558 g/mol. The molecule has 8 heteroatoms. The van der Waals surface area contributed by atoms with Crippen LogP contribution in [0.1, 0.15) is 142 Å². The summed E-state index contributed by atoms with van der Waals surface area (Å²) in [5, 5.41) is 20.9. The number of ether oxygens (including phenoxy) is 4. The van der Waals surface area contributed by atoms with Crippen molar-refractivity contribution in [2.75, 3.05) is 13.7 Å². The van der Waals surface area contributed by atoms with Crippen LogP contribution in [-0.4, -0.2) is 66.6 Å². The number of unbranched alkanes of at least 4 members (excludes halogenated alkanes) is 16. The van der Waals surface area contributed by atoms with Gasteiger partial charge in [-0.3, -0.25) is 9.59 Å². The van der Waals surface area contributed by atoms with Crippen LogP contribution in [0.5, 0.6) is 0 Å². The van der Waals surface area contributed by atoms with E-state index >= 15 is 0 Å². The van der Waals surface area contributed by atoms with Gasteiger partial charge in [0.05, 0.1) is 0 Å². The van der Waals surface area contributed by atoms with Crippen LogP contribution in [0.4, 0.5) is 0 Å². The van der Waals surface area contributed by atoms with Crippen molar-refractivity contribution in [3.05, 3.63) is 0 Å². The molecule has 2 N–H and O–H groups in total. The van der Waals surface area contributed by atoms with E-state index in [1.54, 1.807) is 0 Å². The Hall–Kier alpha value is -1.22. The van der Waals surface area contributed by atoms with Gasteiger partial charge in [0.15, 0.2) is 12.4 Å². The molecule has 1 saturated heterocycles. The minimum absolute atomic E-state index is 0.185. The summed E-state index contributed by atoms with van der Waals surface area (Å²) in [6, 6.07) is 0. The van der Waals surface area contributed by atoms with Crippen molar-refractivity contribution >= 4 is 11.9 Å². The molecule has 1 rings (SSSR count). The molecule has 5 atom stereocenters. The van der Waals surface area contributed by atoms with E-state index in [9.17, 15) is 19.8 Å². The summed E-state index contributed by atoms with van der Waals surface area (Å²) >= 11 is 0. The highest BCUT2D eigenvalue weighted by Crippen LogP contribution is 2.25. The fourth-order valence-electron chi connectivity index (χ4n) is 5.00. The number of hydrogen-bond donors (Lipinski definition) is 2. The molecular weight excluding hydrogens is 500 g/mol. The summed E-state index contributed by atoms with van der Waals surface area (Å²) in [4.78, 5) is 24.8. The Labute approximate surface area is 237 Å². The molecule has 0 unspecified atom stereocenters. The van der Waals surface area contributed by atoms with E-state index in [1.165, 1.54) is 84.2 Å². The van der Waals surface area contributed by atoms with Crippen molar-refractivity contribution in [1.29, 1.82) is 0 Å². The zero-order valence-electron chi connectivity index (χ0n) is 25.1. The Bertz CT molecular complexity index is 613. The minimum Gasteiger partial charge on any atom is -0.463 e. The normalized spacial score (nSPS) is 23.1. The molecule has 1 heterocycles. The number of aliphatic hydroxyl groups excluding tert-OH is 2. The van der Waals surface area contributed by atoms with E-state index in [2.05, 4.69) is 13.8 Å². The lowest BCUT2D eigenvalue weighted by molar-refractivity contribution is -0.297. The predicted octanol–water partition coefficient (Wildman–Crippen LogP) is 6.38. The smallest absolute Gasteiger partial charge is 0.306 e. The van der Waals surface area contributed by atoms with Crippen LogP contribution < -0.4 is 0 Å². The van der Waals surface area contributed by atoms with Crippen molar-refractivity contribution < 1.29 is 38.7 Å². The van der Waals surface area contributed by atoms with E-state index in [-0.39, 0.29) is 19.0 Å². The second kappa shape index (κ2) is 23.5. The Morgan fingerprint density at radius 1 is 0.641 bits per heavy atom. The first-order chi connectivity index (χ1) is 18.9. The third kappa shape index (κ3) is 16.6. The summed E-state index contributed by atoms with van der Waals surface area (Å²) in [5.74, 6) is -0.810. The quantitative estimate of drug-likeness (QED) is 0.104. The number of carbonyl (C=O) groups excluding carboxylic acids is 2. The molecule has 230 valence electrons. The molecule has 0 aromatic carbocycles. The second-order valence-corrected chi connectivity index (χ2v) is 11.1. The Morgan fingerprint density at radius 3 is 1.54 bits per heavy atom. The molecule has 8 nitrogen and oxygen atoms in total. The fraction of sp³-hybridized carbons (Fsp3) is 0.935. The first-order valence-electron chi connectivity index (χ1n) is 15.8. The summed E-state index contributed by atoms with van der Waals surface area (Å²) in [5.41, 5.74) is 0. The topological polar surface area (TPSA) is 112 Å². The largest absolute Gasteiger partial charge is 0.463 e. The Morgan fingerprint density at radius 2 is 1.08 bits per heavy atom. The van der Waals surface area contributed by atoms with E-state index in [0.717, 1.165) is 32.1 Å². The summed E-state index contributed by atoms with van der Waals surface area (Å²) in [6.07, 6.45) is 15.3. The SMILES string of the molecule is CCCCCCCCCCCC(=O)OC[C@H]1O[C@H](OC)[C@H](O)[C@@H](O)[C@@H]1OC(=O)CCCCCCCCCCC. The molecule has 1 aliphatic rings. The average Bonchev–Trinajstić information content (AvgIpc) is 2.93. The number of rotatable bonds is 24. The maximum Gasteiger partial charge on any atom is 0.306 e. The second-order valence-electron chi connectivity index (χ2n) is 11.1. The van der Waals surface area contributed by atoms with E-state index in [1.807, 2.05) is 0 Å². The van der Waals surface area contributed by atoms with Crippen LogP contribution in [0, 0.1) is 0 Å². The van der Waals surface area contributed by atoms with E-state index in [0.29, 0.717) is 12.8 Å². The van der Waals surface area contributed by atoms with E-state index in [4.69, 9.17) is 18.9 Å². The molecule has 0 spiro atoms. The number of hydrogen-bond acceptors (Lipinski definition) is 8. The van der Waals surface area contributed by atoms with Gasteiger partial charge in [0.2, 0.25) is 0 Å². The lowest BCUT2D eigenvalue weighted by atomic mass is 9.99. The third-order valence-electron chi connectivity index (χ3n) is 7.52. The van der Waals surface area contributed by atoms with Gasteiger partial charge in [-0.05, 0) is 12.8 Å². The first kappa shape index (κ1) is 35.8. The fourth-order valence-corrected chi connectivity index (χ4v) is 5.00. The molecule has 1 fully saturated rings. The van der Waals surface area contributed by atoms with Gasteiger partial charge >= 0.3 is 11.9 Å². The van der Waals surface area contributed by atoms with Crippen molar-refractivity contribution in [3.63, 3.8) is 0 Å². The number of methoxy groups -OCH3 is 1. The first-order valence-corrected chi connectivity index (χ1v) is 15.8. The highest BCUT2D eigenvalue weighted by molar-refractivity contribution is 5.70. The lowest BCUT2D eigenvalue weighted by Gasteiger charge is -2.41. The molecule has 0 bridgehead atoms. The lowest BCUT2D eigenvalue weighted by Crippen LogP contribution is -2.60.